The van der Waals surface area contributed by atoms with Gasteiger partial charge in [0.25, 0.3) is 5.91 Å². The number of halogens is 1. The van der Waals surface area contributed by atoms with E-state index in [9.17, 15) is 9.59 Å². The number of aromatic nitrogens is 1. The summed E-state index contributed by atoms with van der Waals surface area (Å²) in [6, 6.07) is 1.58. The van der Waals surface area contributed by atoms with E-state index >= 15 is 0 Å². The van der Waals surface area contributed by atoms with E-state index in [-0.39, 0.29) is 12.1 Å². The second kappa shape index (κ2) is 5.35. The molecule has 2 N–H and O–H groups in total. The van der Waals surface area contributed by atoms with Crippen LogP contribution in [0.1, 0.15) is 29.9 Å². The second-order valence-electron chi connectivity index (χ2n) is 4.68. The molecule has 0 saturated carbocycles. The lowest BCUT2D eigenvalue weighted by molar-refractivity contribution is -0.146. The molecule has 0 atom stereocenters. The predicted molar refractivity (Wildman–Crippen MR) is 67.7 cm³/mol. The van der Waals surface area contributed by atoms with Crippen LogP contribution in [0.4, 0.5) is 0 Å². The number of carbonyl (C=O) groups is 2. The molecular formula is C12H15ClN2O3. The number of nitrogens with zero attached hydrogens (tertiary/aromatic N) is 1. The third kappa shape index (κ3) is 3.43. The Morgan fingerprint density at radius 2 is 2.11 bits per heavy atom. The molecular weight excluding hydrogens is 256 g/mol. The summed E-state index contributed by atoms with van der Waals surface area (Å²) in [4.78, 5) is 26.7. The Morgan fingerprint density at radius 3 is 2.61 bits per heavy atom. The van der Waals surface area contributed by atoms with Crippen molar-refractivity contribution in [3.63, 3.8) is 0 Å². The molecule has 0 bridgehead atoms. The highest BCUT2D eigenvalue weighted by Crippen LogP contribution is 2.17. The summed E-state index contributed by atoms with van der Waals surface area (Å²) in [6.45, 7) is 4.85. The average Bonchev–Trinajstić information content (AvgIpc) is 2.25. The van der Waals surface area contributed by atoms with Gasteiger partial charge in [0.05, 0.1) is 16.0 Å². The smallest absolute Gasteiger partial charge is 0.310 e. The molecule has 1 aromatic heterocycles. The minimum atomic E-state index is -1.03. The van der Waals surface area contributed by atoms with Crippen LogP contribution in [0.5, 0.6) is 0 Å². The lowest BCUT2D eigenvalue weighted by Gasteiger charge is -2.19. The third-order valence-corrected chi connectivity index (χ3v) is 2.82. The molecule has 0 radical (unpaired) electrons. The highest BCUT2D eigenvalue weighted by molar-refractivity contribution is 6.33. The molecule has 98 valence electrons. The molecule has 0 aromatic carbocycles. The molecule has 1 amide bonds. The first-order chi connectivity index (χ1) is 8.24. The molecule has 1 rings (SSSR count). The van der Waals surface area contributed by atoms with Crippen molar-refractivity contribution in [1.82, 2.24) is 10.3 Å². The van der Waals surface area contributed by atoms with Gasteiger partial charge in [-0.1, -0.05) is 11.6 Å². The number of carboxylic acid groups (broad SMARTS) is 1. The van der Waals surface area contributed by atoms with Crippen LogP contribution in [0, 0.1) is 12.3 Å². The maximum absolute atomic E-state index is 11.8. The van der Waals surface area contributed by atoms with Crippen LogP contribution in [0.2, 0.25) is 5.02 Å². The predicted octanol–water partition coefficient (Wildman–Crippen LogP) is 1.88. The summed E-state index contributed by atoms with van der Waals surface area (Å²) in [7, 11) is 0. The third-order valence-electron chi connectivity index (χ3n) is 2.50. The second-order valence-corrected chi connectivity index (χ2v) is 5.08. The van der Waals surface area contributed by atoms with Gasteiger partial charge in [-0.05, 0) is 26.8 Å². The van der Waals surface area contributed by atoms with Crippen LogP contribution in [-0.2, 0) is 4.79 Å². The number of pyridine rings is 1. The number of hydrogen-bond acceptors (Lipinski definition) is 3. The molecule has 0 aliphatic carbocycles. The number of rotatable bonds is 4. The van der Waals surface area contributed by atoms with Gasteiger partial charge in [0.15, 0.2) is 0 Å². The molecule has 0 unspecified atom stereocenters. The monoisotopic (exact) mass is 270 g/mol. The summed E-state index contributed by atoms with van der Waals surface area (Å²) in [5, 5.41) is 11.8. The van der Waals surface area contributed by atoms with E-state index < -0.39 is 17.3 Å². The fourth-order valence-electron chi connectivity index (χ4n) is 1.17. The Bertz CT molecular complexity index is 486. The lowest BCUT2D eigenvalue weighted by Crippen LogP contribution is -2.39. The molecule has 0 aliphatic rings. The Hall–Kier alpha value is -1.62. The van der Waals surface area contributed by atoms with E-state index in [2.05, 4.69) is 10.3 Å². The van der Waals surface area contributed by atoms with Gasteiger partial charge in [-0.25, -0.2) is 0 Å². The van der Waals surface area contributed by atoms with Crippen LogP contribution < -0.4 is 5.32 Å². The zero-order valence-corrected chi connectivity index (χ0v) is 11.2. The van der Waals surface area contributed by atoms with Gasteiger partial charge < -0.3 is 10.4 Å². The summed E-state index contributed by atoms with van der Waals surface area (Å²) < 4.78 is 0. The number of hydrogen-bond donors (Lipinski definition) is 2. The highest BCUT2D eigenvalue weighted by Gasteiger charge is 2.28. The molecule has 0 aliphatic heterocycles. The zero-order chi connectivity index (χ0) is 13.9. The molecule has 0 fully saturated rings. The van der Waals surface area contributed by atoms with Gasteiger partial charge in [-0.2, -0.15) is 0 Å². The molecule has 1 aromatic rings. The highest BCUT2D eigenvalue weighted by atomic mass is 35.5. The van der Waals surface area contributed by atoms with Gasteiger partial charge in [0, 0.05) is 18.4 Å². The van der Waals surface area contributed by atoms with E-state index in [1.807, 2.05) is 0 Å². The van der Waals surface area contributed by atoms with Crippen molar-refractivity contribution < 1.29 is 14.7 Å². The average molecular weight is 271 g/mol. The number of aryl methyl sites for hydroxylation is 1. The van der Waals surface area contributed by atoms with Crippen LogP contribution in [0.3, 0.4) is 0 Å². The number of nitrogens with one attached hydrogen (secondary N) is 1. The number of carbonyl (C=O) groups excluding carboxylic acids is 1. The first-order valence-corrected chi connectivity index (χ1v) is 5.75. The first kappa shape index (κ1) is 14.4. The molecule has 0 saturated heterocycles. The van der Waals surface area contributed by atoms with Crippen molar-refractivity contribution in [2.24, 2.45) is 5.41 Å². The van der Waals surface area contributed by atoms with Crippen LogP contribution in [-0.4, -0.2) is 28.5 Å². The van der Waals surface area contributed by atoms with Gasteiger partial charge in [-0.3, -0.25) is 14.6 Å². The number of carboxylic acids is 1. The Labute approximate surface area is 110 Å². The van der Waals surface area contributed by atoms with E-state index in [4.69, 9.17) is 16.7 Å². The molecule has 0 spiro atoms. The molecule has 5 nitrogen and oxygen atoms in total. The van der Waals surface area contributed by atoms with Crippen molar-refractivity contribution in [3.8, 4) is 0 Å². The lowest BCUT2D eigenvalue weighted by atomic mass is 9.94. The minimum absolute atomic E-state index is 0.0192. The van der Waals surface area contributed by atoms with Crippen molar-refractivity contribution in [2.45, 2.75) is 20.8 Å². The first-order valence-electron chi connectivity index (χ1n) is 5.38. The quantitative estimate of drug-likeness (QED) is 0.876. The number of aliphatic carboxylic acids is 1. The van der Waals surface area contributed by atoms with Gasteiger partial charge in [0.2, 0.25) is 0 Å². The summed E-state index contributed by atoms with van der Waals surface area (Å²) >= 11 is 5.92. The van der Waals surface area contributed by atoms with Crippen LogP contribution in [0.25, 0.3) is 0 Å². The summed E-state index contributed by atoms with van der Waals surface area (Å²) in [6.07, 6.45) is 1.38. The standard InChI is InChI=1S/C12H15ClN2O3/c1-7-4-9(13)8(5-14-7)10(16)15-6-12(2,3)11(17)18/h4-5H,6H2,1-3H3,(H,15,16)(H,17,18). The van der Waals surface area contributed by atoms with E-state index in [1.165, 1.54) is 20.0 Å². The van der Waals surface area contributed by atoms with E-state index in [1.54, 1.807) is 13.0 Å². The minimum Gasteiger partial charge on any atom is -0.481 e. The van der Waals surface area contributed by atoms with Gasteiger partial charge in [-0.15, -0.1) is 0 Å². The van der Waals surface area contributed by atoms with Crippen LogP contribution >= 0.6 is 11.6 Å². The zero-order valence-electron chi connectivity index (χ0n) is 10.5. The van der Waals surface area contributed by atoms with Crippen molar-refractivity contribution in [1.29, 1.82) is 0 Å². The Morgan fingerprint density at radius 1 is 1.50 bits per heavy atom. The normalized spacial score (nSPS) is 11.1. The SMILES string of the molecule is Cc1cc(Cl)c(C(=O)NCC(C)(C)C(=O)O)cn1. The summed E-state index contributed by atoms with van der Waals surface area (Å²) in [5.74, 6) is -1.40. The van der Waals surface area contributed by atoms with Crippen molar-refractivity contribution in [2.75, 3.05) is 6.54 Å². The van der Waals surface area contributed by atoms with Gasteiger partial charge in [0.1, 0.15) is 0 Å². The Kier molecular flexibility index (Phi) is 4.29. The van der Waals surface area contributed by atoms with Crippen LogP contribution in [0.15, 0.2) is 12.3 Å². The fourth-order valence-corrected chi connectivity index (χ4v) is 1.46. The van der Waals surface area contributed by atoms with Gasteiger partial charge >= 0.3 is 5.97 Å². The maximum atomic E-state index is 11.8. The van der Waals surface area contributed by atoms with Crippen molar-refractivity contribution in [3.05, 3.63) is 28.5 Å². The fraction of sp³-hybridized carbons (Fsp3) is 0.417. The summed E-state index contributed by atoms with van der Waals surface area (Å²) in [5.41, 5.74) is -0.0776. The maximum Gasteiger partial charge on any atom is 0.310 e. The Balaban J connectivity index is 2.75. The van der Waals surface area contributed by atoms with E-state index in [0.29, 0.717) is 10.7 Å². The van der Waals surface area contributed by atoms with E-state index in [0.717, 1.165) is 0 Å². The number of amides is 1. The van der Waals surface area contributed by atoms with Crippen molar-refractivity contribution >= 4 is 23.5 Å². The largest absolute Gasteiger partial charge is 0.481 e. The molecule has 1 heterocycles. The molecule has 6 heteroatoms. The molecule has 18 heavy (non-hydrogen) atoms. The topological polar surface area (TPSA) is 79.3 Å².